The Hall–Kier alpha value is -2.25. The van der Waals surface area contributed by atoms with Gasteiger partial charge in [-0.15, -0.1) is 0 Å². The van der Waals surface area contributed by atoms with E-state index >= 15 is 0 Å². The maximum atomic E-state index is 12.4. The monoisotopic (exact) mass is 347 g/mol. The highest BCUT2D eigenvalue weighted by molar-refractivity contribution is 7.89. The lowest BCUT2D eigenvalue weighted by Crippen LogP contribution is -2.32. The molecule has 1 unspecified atom stereocenters. The molecule has 128 valence electrons. The van der Waals surface area contributed by atoms with Crippen LogP contribution in [-0.4, -0.2) is 25.4 Å². The molecule has 2 aromatic rings. The third-order valence-corrected chi connectivity index (χ3v) is 4.98. The molecule has 0 saturated carbocycles. The van der Waals surface area contributed by atoms with E-state index in [4.69, 9.17) is 0 Å². The Morgan fingerprint density at radius 1 is 1.25 bits per heavy atom. The molecule has 2 rings (SSSR count). The van der Waals surface area contributed by atoms with E-state index in [1.165, 1.54) is 12.1 Å². The van der Waals surface area contributed by atoms with E-state index in [1.54, 1.807) is 36.7 Å². The molecule has 0 aliphatic carbocycles. The zero-order chi connectivity index (χ0) is 17.6. The number of amides is 1. The summed E-state index contributed by atoms with van der Waals surface area (Å²) in [7, 11) is -3.71. The van der Waals surface area contributed by atoms with Crippen LogP contribution in [-0.2, 0) is 16.6 Å². The van der Waals surface area contributed by atoms with E-state index < -0.39 is 10.0 Å². The van der Waals surface area contributed by atoms with Gasteiger partial charge in [0.05, 0.1) is 4.90 Å². The smallest absolute Gasteiger partial charge is 0.251 e. The van der Waals surface area contributed by atoms with Gasteiger partial charge in [-0.2, -0.15) is 0 Å². The Balaban J connectivity index is 2.13. The van der Waals surface area contributed by atoms with Gasteiger partial charge in [-0.3, -0.25) is 9.78 Å². The number of carbonyl (C=O) groups excluding carboxylic acids is 1. The minimum Gasteiger partial charge on any atom is -0.350 e. The van der Waals surface area contributed by atoms with Crippen LogP contribution in [0.25, 0.3) is 0 Å². The summed E-state index contributed by atoms with van der Waals surface area (Å²) >= 11 is 0. The Bertz CT molecular complexity index is 792. The summed E-state index contributed by atoms with van der Waals surface area (Å²) < 4.78 is 27.3. The van der Waals surface area contributed by atoms with Crippen LogP contribution in [0.5, 0.6) is 0 Å². The van der Waals surface area contributed by atoms with Gasteiger partial charge >= 0.3 is 0 Å². The molecule has 7 heteroatoms. The standard InChI is InChI=1S/C17H21N3O3S/c1-3-13(2)20-17(21)15-7-4-8-16(10-15)24(22,23)19-12-14-6-5-9-18-11-14/h4-11,13,19H,3,12H2,1-2H3,(H,20,21). The van der Waals surface area contributed by atoms with E-state index in [9.17, 15) is 13.2 Å². The van der Waals surface area contributed by atoms with Crippen LogP contribution in [0.15, 0.2) is 53.7 Å². The van der Waals surface area contributed by atoms with Crippen LogP contribution in [0.2, 0.25) is 0 Å². The molecule has 1 atom stereocenters. The first-order valence-electron chi connectivity index (χ1n) is 7.72. The summed E-state index contributed by atoms with van der Waals surface area (Å²) in [6.07, 6.45) is 4.02. The molecule has 6 nitrogen and oxygen atoms in total. The number of hydrogen-bond acceptors (Lipinski definition) is 4. The molecule has 1 aromatic heterocycles. The molecule has 0 fully saturated rings. The van der Waals surface area contributed by atoms with Crippen molar-refractivity contribution in [1.82, 2.24) is 15.0 Å². The molecule has 1 heterocycles. The van der Waals surface area contributed by atoms with Gasteiger partial charge in [0.2, 0.25) is 10.0 Å². The average molecular weight is 347 g/mol. The van der Waals surface area contributed by atoms with Crippen molar-refractivity contribution in [1.29, 1.82) is 0 Å². The second-order valence-electron chi connectivity index (χ2n) is 5.50. The summed E-state index contributed by atoms with van der Waals surface area (Å²) in [6.45, 7) is 4.00. The van der Waals surface area contributed by atoms with Crippen molar-refractivity contribution >= 4 is 15.9 Å². The number of pyridine rings is 1. The van der Waals surface area contributed by atoms with Gasteiger partial charge < -0.3 is 5.32 Å². The lowest BCUT2D eigenvalue weighted by molar-refractivity contribution is 0.0939. The van der Waals surface area contributed by atoms with E-state index in [-0.39, 0.29) is 23.4 Å². The maximum Gasteiger partial charge on any atom is 0.251 e. The number of rotatable bonds is 7. The topological polar surface area (TPSA) is 88.2 Å². The molecule has 0 aliphatic rings. The quantitative estimate of drug-likeness (QED) is 0.803. The van der Waals surface area contributed by atoms with E-state index in [1.807, 2.05) is 13.8 Å². The molecule has 1 aromatic carbocycles. The van der Waals surface area contributed by atoms with Crippen molar-refractivity contribution in [3.05, 3.63) is 59.9 Å². The van der Waals surface area contributed by atoms with Gasteiger partial charge in [0, 0.05) is 30.5 Å². The first kappa shape index (κ1) is 18.1. The lowest BCUT2D eigenvalue weighted by Gasteiger charge is -2.12. The SMILES string of the molecule is CCC(C)NC(=O)c1cccc(S(=O)(=O)NCc2cccnc2)c1. The minimum absolute atomic E-state index is 0.0291. The molecule has 24 heavy (non-hydrogen) atoms. The second kappa shape index (κ2) is 8.03. The van der Waals surface area contributed by atoms with Crippen LogP contribution >= 0.6 is 0 Å². The third kappa shape index (κ3) is 4.87. The Morgan fingerprint density at radius 3 is 2.71 bits per heavy atom. The lowest BCUT2D eigenvalue weighted by atomic mass is 10.2. The normalized spacial score (nSPS) is 12.6. The molecular weight excluding hydrogens is 326 g/mol. The summed E-state index contributed by atoms with van der Waals surface area (Å²) in [5, 5.41) is 2.82. The summed E-state index contributed by atoms with van der Waals surface area (Å²) in [4.78, 5) is 16.1. The highest BCUT2D eigenvalue weighted by Crippen LogP contribution is 2.12. The summed E-state index contributed by atoms with van der Waals surface area (Å²) in [5.41, 5.74) is 1.08. The van der Waals surface area contributed by atoms with Gasteiger partial charge in [-0.05, 0) is 43.2 Å². The van der Waals surface area contributed by atoms with Crippen LogP contribution in [0.4, 0.5) is 0 Å². The van der Waals surface area contributed by atoms with Gasteiger partial charge in [0.15, 0.2) is 0 Å². The van der Waals surface area contributed by atoms with Gasteiger partial charge in [0.1, 0.15) is 0 Å². The minimum atomic E-state index is -3.71. The van der Waals surface area contributed by atoms with E-state index in [0.29, 0.717) is 5.56 Å². The highest BCUT2D eigenvalue weighted by atomic mass is 32.2. The Morgan fingerprint density at radius 2 is 2.04 bits per heavy atom. The van der Waals surface area contributed by atoms with Gasteiger partial charge in [-0.1, -0.05) is 19.1 Å². The van der Waals surface area contributed by atoms with Gasteiger partial charge in [0.25, 0.3) is 5.91 Å². The summed E-state index contributed by atoms with van der Waals surface area (Å²) in [5.74, 6) is -0.284. The number of hydrogen-bond donors (Lipinski definition) is 2. The first-order chi connectivity index (χ1) is 11.4. The fraction of sp³-hybridized carbons (Fsp3) is 0.294. The van der Waals surface area contributed by atoms with Crippen molar-refractivity contribution < 1.29 is 13.2 Å². The van der Waals surface area contributed by atoms with Crippen molar-refractivity contribution in [2.45, 2.75) is 37.8 Å². The largest absolute Gasteiger partial charge is 0.350 e. The third-order valence-electron chi connectivity index (χ3n) is 3.59. The van der Waals surface area contributed by atoms with Crippen LogP contribution in [0.3, 0.4) is 0 Å². The van der Waals surface area contributed by atoms with Crippen LogP contribution in [0, 0.1) is 0 Å². The molecule has 0 saturated heterocycles. The first-order valence-corrected chi connectivity index (χ1v) is 9.20. The van der Waals surface area contributed by atoms with Crippen molar-refractivity contribution in [3.8, 4) is 0 Å². The number of carbonyl (C=O) groups is 1. The van der Waals surface area contributed by atoms with E-state index in [0.717, 1.165) is 12.0 Å². The zero-order valence-electron chi connectivity index (χ0n) is 13.7. The zero-order valence-corrected chi connectivity index (χ0v) is 14.5. The van der Waals surface area contributed by atoms with E-state index in [2.05, 4.69) is 15.0 Å². The molecular formula is C17H21N3O3S. The van der Waals surface area contributed by atoms with Crippen molar-refractivity contribution in [2.75, 3.05) is 0 Å². The van der Waals surface area contributed by atoms with Crippen LogP contribution < -0.4 is 10.0 Å². The Kier molecular flexibility index (Phi) is 6.05. The number of sulfonamides is 1. The molecule has 2 N–H and O–H groups in total. The molecule has 0 spiro atoms. The molecule has 0 radical (unpaired) electrons. The molecule has 0 aliphatic heterocycles. The second-order valence-corrected chi connectivity index (χ2v) is 7.26. The fourth-order valence-corrected chi connectivity index (χ4v) is 3.04. The average Bonchev–Trinajstić information content (AvgIpc) is 2.61. The fourth-order valence-electron chi connectivity index (χ4n) is 1.98. The highest BCUT2D eigenvalue weighted by Gasteiger charge is 2.16. The molecule has 1 amide bonds. The Labute approximate surface area is 142 Å². The van der Waals surface area contributed by atoms with Crippen molar-refractivity contribution in [3.63, 3.8) is 0 Å². The number of benzene rings is 1. The van der Waals surface area contributed by atoms with Gasteiger partial charge in [-0.25, -0.2) is 13.1 Å². The summed E-state index contributed by atoms with van der Waals surface area (Å²) in [6, 6.07) is 9.55. The number of nitrogens with one attached hydrogen (secondary N) is 2. The predicted octanol–water partition coefficient (Wildman–Crippen LogP) is 2.09. The number of nitrogens with zero attached hydrogens (tertiary/aromatic N) is 1. The molecule has 0 bridgehead atoms. The maximum absolute atomic E-state index is 12.4. The predicted molar refractivity (Wildman–Crippen MR) is 91.9 cm³/mol. The van der Waals surface area contributed by atoms with Crippen molar-refractivity contribution in [2.24, 2.45) is 0 Å². The number of aromatic nitrogens is 1. The van der Waals surface area contributed by atoms with Crippen LogP contribution in [0.1, 0.15) is 36.2 Å².